The number of carbonyl (C=O) groups is 1. The number of ether oxygens (including phenoxy) is 2. The summed E-state index contributed by atoms with van der Waals surface area (Å²) in [5, 5.41) is 3.66. The van der Waals surface area contributed by atoms with Gasteiger partial charge in [0.15, 0.2) is 0 Å². The molecule has 3 aromatic carbocycles. The minimum Gasteiger partial charge on any atom is -0.497 e. The van der Waals surface area contributed by atoms with Crippen molar-refractivity contribution in [3.63, 3.8) is 0 Å². The maximum absolute atomic E-state index is 12.9. The number of nitrogens with one attached hydrogen (secondary N) is 1. The van der Waals surface area contributed by atoms with Crippen LogP contribution in [0.15, 0.2) is 60.7 Å². The molecular weight excluding hydrogens is 511 g/mol. The van der Waals surface area contributed by atoms with E-state index in [0.29, 0.717) is 38.4 Å². The number of carbonyl (C=O) groups excluding carboxylic acids is 1. The number of nitrogens with zero attached hydrogens (tertiary/aromatic N) is 1. The number of hydrogen-bond donors (Lipinski definition) is 1. The van der Waals surface area contributed by atoms with E-state index in [1.165, 1.54) is 4.31 Å². The lowest BCUT2D eigenvalue weighted by Gasteiger charge is -2.24. The summed E-state index contributed by atoms with van der Waals surface area (Å²) in [5.74, 6) is 0.940. The predicted octanol–water partition coefficient (Wildman–Crippen LogP) is 5.47. The monoisotopic (exact) mass is 536 g/mol. The van der Waals surface area contributed by atoms with Gasteiger partial charge in [0.25, 0.3) is 5.91 Å². The molecule has 35 heavy (non-hydrogen) atoms. The number of anilines is 1. The van der Waals surface area contributed by atoms with Gasteiger partial charge < -0.3 is 14.8 Å². The maximum Gasteiger partial charge on any atom is 0.251 e. The Hall–Kier alpha value is -2.94. The largest absolute Gasteiger partial charge is 0.497 e. The fourth-order valence-electron chi connectivity index (χ4n) is 3.54. The Morgan fingerprint density at radius 1 is 1.00 bits per heavy atom. The van der Waals surface area contributed by atoms with E-state index in [1.807, 2.05) is 6.92 Å². The van der Waals surface area contributed by atoms with Crippen LogP contribution in [0.25, 0.3) is 0 Å². The van der Waals surface area contributed by atoms with Crippen LogP contribution in [0.3, 0.4) is 0 Å². The Bertz CT molecular complexity index is 1290. The quantitative estimate of drug-likeness (QED) is 0.392. The SMILES string of the molecule is COc1ccc(OC)c([C@@H](C)NC(=O)c2ccc(N(Cc3c(Cl)cccc3Cl)S(C)(=O)=O)cc2)c1. The van der Waals surface area contributed by atoms with Crippen LogP contribution in [0, 0.1) is 0 Å². The second kappa shape index (κ2) is 11.2. The summed E-state index contributed by atoms with van der Waals surface area (Å²) in [4.78, 5) is 12.9. The predicted molar refractivity (Wildman–Crippen MR) is 139 cm³/mol. The van der Waals surface area contributed by atoms with E-state index in [0.717, 1.165) is 11.8 Å². The molecule has 0 saturated carbocycles. The Labute approximate surface area is 215 Å². The highest BCUT2D eigenvalue weighted by atomic mass is 35.5. The molecule has 0 bridgehead atoms. The van der Waals surface area contributed by atoms with Gasteiger partial charge in [0.1, 0.15) is 11.5 Å². The summed E-state index contributed by atoms with van der Waals surface area (Å²) in [6, 6.07) is 16.2. The average Bonchev–Trinajstić information content (AvgIpc) is 2.82. The molecular formula is C25H26Cl2N2O5S. The van der Waals surface area contributed by atoms with Crippen molar-refractivity contribution >= 4 is 44.8 Å². The number of amides is 1. The van der Waals surface area contributed by atoms with Crippen LogP contribution < -0.4 is 19.1 Å². The van der Waals surface area contributed by atoms with Crippen LogP contribution in [-0.4, -0.2) is 34.8 Å². The van der Waals surface area contributed by atoms with Gasteiger partial charge in [-0.25, -0.2) is 8.42 Å². The van der Waals surface area contributed by atoms with Gasteiger partial charge in [-0.05, 0) is 61.5 Å². The third-order valence-electron chi connectivity index (χ3n) is 5.43. The Morgan fingerprint density at radius 2 is 1.63 bits per heavy atom. The minimum atomic E-state index is -3.66. The molecule has 1 amide bonds. The molecule has 0 spiro atoms. The van der Waals surface area contributed by atoms with E-state index in [4.69, 9.17) is 32.7 Å². The number of rotatable bonds is 9. The highest BCUT2D eigenvalue weighted by molar-refractivity contribution is 7.92. The van der Waals surface area contributed by atoms with Gasteiger partial charge >= 0.3 is 0 Å². The van der Waals surface area contributed by atoms with Gasteiger partial charge in [-0.2, -0.15) is 0 Å². The lowest BCUT2D eigenvalue weighted by molar-refractivity contribution is 0.0939. The maximum atomic E-state index is 12.9. The van der Waals surface area contributed by atoms with Gasteiger partial charge in [-0.1, -0.05) is 29.3 Å². The highest BCUT2D eigenvalue weighted by Gasteiger charge is 2.22. The lowest BCUT2D eigenvalue weighted by Crippen LogP contribution is -2.30. The zero-order valence-corrected chi connectivity index (χ0v) is 22.0. The third-order valence-corrected chi connectivity index (χ3v) is 7.28. The molecule has 0 aliphatic heterocycles. The number of benzene rings is 3. The van der Waals surface area contributed by atoms with Gasteiger partial charge in [0.05, 0.1) is 38.7 Å². The highest BCUT2D eigenvalue weighted by Crippen LogP contribution is 2.31. The normalized spacial score (nSPS) is 12.1. The first-order chi connectivity index (χ1) is 16.5. The summed E-state index contributed by atoms with van der Waals surface area (Å²) in [6.45, 7) is 1.79. The van der Waals surface area contributed by atoms with Crippen molar-refractivity contribution in [2.75, 3.05) is 24.8 Å². The van der Waals surface area contributed by atoms with E-state index >= 15 is 0 Å². The summed E-state index contributed by atoms with van der Waals surface area (Å²) in [7, 11) is -0.540. The fraction of sp³-hybridized carbons (Fsp3) is 0.240. The van der Waals surface area contributed by atoms with Gasteiger partial charge in [-0.15, -0.1) is 0 Å². The van der Waals surface area contributed by atoms with Crippen molar-refractivity contribution in [2.24, 2.45) is 0 Å². The number of sulfonamides is 1. The molecule has 1 atom stereocenters. The van der Waals surface area contributed by atoms with Crippen molar-refractivity contribution in [3.8, 4) is 11.5 Å². The van der Waals surface area contributed by atoms with Gasteiger partial charge in [-0.3, -0.25) is 9.10 Å². The number of hydrogen-bond acceptors (Lipinski definition) is 5. The minimum absolute atomic E-state index is 0.0461. The number of methoxy groups -OCH3 is 2. The molecule has 3 rings (SSSR count). The second-order valence-corrected chi connectivity index (χ2v) is 10.5. The fourth-order valence-corrected chi connectivity index (χ4v) is 4.93. The van der Waals surface area contributed by atoms with E-state index in [1.54, 1.807) is 74.9 Å². The topological polar surface area (TPSA) is 84.9 Å². The molecule has 7 nitrogen and oxygen atoms in total. The Kier molecular flexibility index (Phi) is 8.53. The third kappa shape index (κ3) is 6.39. The zero-order chi connectivity index (χ0) is 25.8. The molecule has 0 heterocycles. The van der Waals surface area contributed by atoms with Gasteiger partial charge in [0.2, 0.25) is 10.0 Å². The zero-order valence-electron chi connectivity index (χ0n) is 19.7. The first kappa shape index (κ1) is 26.7. The summed E-state index contributed by atoms with van der Waals surface area (Å²) in [6.07, 6.45) is 1.10. The van der Waals surface area contributed by atoms with Crippen LogP contribution in [-0.2, 0) is 16.6 Å². The molecule has 3 aromatic rings. The number of halogens is 2. The molecule has 0 aliphatic carbocycles. The molecule has 0 radical (unpaired) electrons. The molecule has 0 aromatic heterocycles. The van der Waals surface area contributed by atoms with Crippen molar-refractivity contribution < 1.29 is 22.7 Å². The summed E-state index contributed by atoms with van der Waals surface area (Å²) in [5.41, 5.74) is 2.00. The molecule has 0 saturated heterocycles. The molecule has 10 heteroatoms. The lowest BCUT2D eigenvalue weighted by atomic mass is 10.1. The first-order valence-electron chi connectivity index (χ1n) is 10.6. The second-order valence-electron chi connectivity index (χ2n) is 7.82. The van der Waals surface area contributed by atoms with Crippen molar-refractivity contribution in [2.45, 2.75) is 19.5 Å². The van der Waals surface area contributed by atoms with Crippen molar-refractivity contribution in [1.29, 1.82) is 0 Å². The molecule has 0 aliphatic rings. The van der Waals surface area contributed by atoms with Crippen LogP contribution in [0.2, 0.25) is 10.0 Å². The van der Waals surface area contributed by atoms with E-state index < -0.39 is 10.0 Å². The average molecular weight is 537 g/mol. The summed E-state index contributed by atoms with van der Waals surface area (Å²) < 4.78 is 36.9. The van der Waals surface area contributed by atoms with E-state index in [2.05, 4.69) is 5.32 Å². The Morgan fingerprint density at radius 3 is 2.17 bits per heavy atom. The standard InChI is InChI=1S/C25H26Cl2N2O5S/c1-16(20-14-19(33-2)12-13-24(20)34-3)28-25(30)17-8-10-18(11-9-17)29(35(4,31)32)15-21-22(26)6-5-7-23(21)27/h5-14,16H,15H2,1-4H3,(H,28,30)/t16-/m1/s1. The van der Waals surface area contributed by atoms with Crippen LogP contribution >= 0.6 is 23.2 Å². The molecule has 0 fully saturated rings. The molecule has 1 N–H and O–H groups in total. The molecule has 186 valence electrons. The smallest absolute Gasteiger partial charge is 0.251 e. The first-order valence-corrected chi connectivity index (χ1v) is 13.2. The van der Waals surface area contributed by atoms with Crippen LogP contribution in [0.4, 0.5) is 5.69 Å². The van der Waals surface area contributed by atoms with E-state index in [-0.39, 0.29) is 18.5 Å². The Balaban J connectivity index is 1.82. The van der Waals surface area contributed by atoms with Crippen molar-refractivity contribution in [3.05, 3.63) is 87.4 Å². The molecule has 0 unspecified atom stereocenters. The van der Waals surface area contributed by atoms with E-state index in [9.17, 15) is 13.2 Å². The van der Waals surface area contributed by atoms with Crippen LogP contribution in [0.5, 0.6) is 11.5 Å². The summed E-state index contributed by atoms with van der Waals surface area (Å²) >= 11 is 12.5. The van der Waals surface area contributed by atoms with Gasteiger partial charge in [0, 0.05) is 26.7 Å². The van der Waals surface area contributed by atoms with Crippen LogP contribution in [0.1, 0.15) is 34.5 Å². The van der Waals surface area contributed by atoms with Crippen molar-refractivity contribution in [1.82, 2.24) is 5.32 Å².